The molecule has 0 radical (unpaired) electrons. The van der Waals surface area contributed by atoms with Crippen molar-refractivity contribution in [2.75, 3.05) is 12.4 Å². The molecule has 2 aromatic carbocycles. The maximum atomic E-state index is 5.30. The highest BCUT2D eigenvalue weighted by Crippen LogP contribution is 2.28. The number of rotatable bonds is 7. The van der Waals surface area contributed by atoms with Crippen LogP contribution < -0.4 is 10.1 Å². The molecule has 1 N–H and O–H groups in total. The van der Waals surface area contributed by atoms with Crippen LogP contribution in [0.3, 0.4) is 0 Å². The van der Waals surface area contributed by atoms with Crippen molar-refractivity contribution < 1.29 is 4.74 Å². The van der Waals surface area contributed by atoms with Crippen LogP contribution in [-0.4, -0.2) is 26.9 Å². The van der Waals surface area contributed by atoms with Crippen LogP contribution in [0.4, 0.5) is 10.8 Å². The topological polar surface area (TPSA) is 64.9 Å². The first-order chi connectivity index (χ1) is 13.7. The number of aromatic nitrogens is 4. The Morgan fingerprint density at radius 1 is 1.11 bits per heavy atom. The molecule has 0 saturated carbocycles. The van der Waals surface area contributed by atoms with Gasteiger partial charge in [0, 0.05) is 29.4 Å². The summed E-state index contributed by atoms with van der Waals surface area (Å²) in [6.45, 7) is 0. The predicted molar refractivity (Wildman–Crippen MR) is 114 cm³/mol. The molecule has 0 bridgehead atoms. The number of thiazole rings is 1. The molecule has 4 rings (SSSR count). The first-order valence-corrected chi connectivity index (χ1v) is 10.5. The number of nitrogens with one attached hydrogen (secondary N) is 1. The zero-order chi connectivity index (χ0) is 19.3. The van der Waals surface area contributed by atoms with Gasteiger partial charge in [-0.1, -0.05) is 42.1 Å². The molecule has 8 heteroatoms. The summed E-state index contributed by atoms with van der Waals surface area (Å²) in [4.78, 5) is 4.65. The van der Waals surface area contributed by atoms with Gasteiger partial charge in [-0.3, -0.25) is 0 Å². The van der Waals surface area contributed by atoms with Crippen LogP contribution in [0.5, 0.6) is 5.75 Å². The lowest BCUT2D eigenvalue weighted by atomic mass is 10.2. The smallest absolute Gasteiger partial charge is 0.191 e. The van der Waals surface area contributed by atoms with Gasteiger partial charge in [0.2, 0.25) is 0 Å². The number of hydrogen-bond donors (Lipinski definition) is 1. The highest BCUT2D eigenvalue weighted by atomic mass is 32.2. The van der Waals surface area contributed by atoms with Gasteiger partial charge in [0.15, 0.2) is 16.1 Å². The molecule has 0 aliphatic heterocycles. The molecule has 0 spiro atoms. The SMILES string of the molecule is COc1cccc(-c2nnc(SCc3csc(Nc4ccccc4)n3)n2C)c1. The normalized spacial score (nSPS) is 10.8. The Morgan fingerprint density at radius 3 is 2.79 bits per heavy atom. The lowest BCUT2D eigenvalue weighted by molar-refractivity contribution is 0.415. The van der Waals surface area contributed by atoms with Crippen LogP contribution in [0, 0.1) is 0 Å². The third-order valence-corrected chi connectivity index (χ3v) is 5.95. The van der Waals surface area contributed by atoms with Gasteiger partial charge in [0.1, 0.15) is 5.75 Å². The Balaban J connectivity index is 1.42. The molecule has 142 valence electrons. The quantitative estimate of drug-likeness (QED) is 0.434. The average molecular weight is 410 g/mol. The van der Waals surface area contributed by atoms with Gasteiger partial charge in [-0.2, -0.15) is 0 Å². The van der Waals surface area contributed by atoms with Crippen LogP contribution in [0.2, 0.25) is 0 Å². The standard InChI is InChI=1S/C20H19N5OS2/c1-25-18(14-7-6-10-17(11-14)26-2)23-24-20(25)28-13-16-12-27-19(22-16)21-15-8-4-3-5-9-15/h3-12H,13H2,1-2H3,(H,21,22). The Kier molecular flexibility index (Phi) is 5.59. The minimum Gasteiger partial charge on any atom is -0.497 e. The van der Waals surface area contributed by atoms with Gasteiger partial charge in [0.05, 0.1) is 12.8 Å². The zero-order valence-corrected chi connectivity index (χ0v) is 17.1. The first kappa shape index (κ1) is 18.5. The summed E-state index contributed by atoms with van der Waals surface area (Å²) in [5.74, 6) is 2.35. The van der Waals surface area contributed by atoms with Crippen LogP contribution >= 0.6 is 23.1 Å². The van der Waals surface area contributed by atoms with Gasteiger partial charge in [-0.15, -0.1) is 21.5 Å². The van der Waals surface area contributed by atoms with Crippen LogP contribution in [0.25, 0.3) is 11.4 Å². The molecular weight excluding hydrogens is 390 g/mol. The number of methoxy groups -OCH3 is 1. The van der Waals surface area contributed by atoms with Gasteiger partial charge in [0.25, 0.3) is 0 Å². The second-order valence-electron chi connectivity index (χ2n) is 6.02. The summed E-state index contributed by atoms with van der Waals surface area (Å²) >= 11 is 3.22. The van der Waals surface area contributed by atoms with Crippen molar-refractivity contribution in [1.82, 2.24) is 19.7 Å². The van der Waals surface area contributed by atoms with E-state index in [1.807, 2.05) is 66.2 Å². The zero-order valence-electron chi connectivity index (χ0n) is 15.5. The van der Waals surface area contributed by atoms with Gasteiger partial charge in [-0.25, -0.2) is 4.98 Å². The number of anilines is 2. The third kappa shape index (κ3) is 4.18. The minimum atomic E-state index is 0.733. The summed E-state index contributed by atoms with van der Waals surface area (Å²) in [7, 11) is 3.63. The number of thioether (sulfide) groups is 1. The van der Waals surface area contributed by atoms with E-state index in [0.717, 1.165) is 44.6 Å². The number of nitrogens with zero attached hydrogens (tertiary/aromatic N) is 4. The summed E-state index contributed by atoms with van der Waals surface area (Å²) in [5.41, 5.74) is 3.02. The summed E-state index contributed by atoms with van der Waals surface area (Å²) < 4.78 is 7.29. The summed E-state index contributed by atoms with van der Waals surface area (Å²) in [5, 5.41) is 15.8. The Hall–Kier alpha value is -2.84. The average Bonchev–Trinajstić information content (AvgIpc) is 3.33. The summed E-state index contributed by atoms with van der Waals surface area (Å²) in [6.07, 6.45) is 0. The van der Waals surface area contributed by atoms with Crippen molar-refractivity contribution in [2.24, 2.45) is 7.05 Å². The highest BCUT2D eigenvalue weighted by molar-refractivity contribution is 7.98. The lowest BCUT2D eigenvalue weighted by Crippen LogP contribution is -1.95. The molecule has 0 fully saturated rings. The van der Waals surface area contributed by atoms with Crippen molar-refractivity contribution in [1.29, 1.82) is 0 Å². The van der Waals surface area contributed by atoms with E-state index >= 15 is 0 Å². The number of benzene rings is 2. The molecule has 0 aliphatic carbocycles. The number of ether oxygens (including phenoxy) is 1. The van der Waals surface area contributed by atoms with E-state index in [9.17, 15) is 0 Å². The van der Waals surface area contributed by atoms with Crippen LogP contribution in [0.1, 0.15) is 5.69 Å². The predicted octanol–water partition coefficient (Wildman–Crippen LogP) is 4.98. The van der Waals surface area contributed by atoms with Crippen molar-refractivity contribution in [3.63, 3.8) is 0 Å². The van der Waals surface area contributed by atoms with E-state index in [1.165, 1.54) is 0 Å². The molecule has 6 nitrogen and oxygen atoms in total. The van der Waals surface area contributed by atoms with Crippen molar-refractivity contribution in [3.05, 3.63) is 65.7 Å². The summed E-state index contributed by atoms with van der Waals surface area (Å²) in [6, 6.07) is 17.9. The molecule has 0 saturated heterocycles. The second-order valence-corrected chi connectivity index (χ2v) is 7.82. The Morgan fingerprint density at radius 2 is 1.96 bits per heavy atom. The van der Waals surface area contributed by atoms with E-state index < -0.39 is 0 Å². The van der Waals surface area contributed by atoms with Crippen LogP contribution in [-0.2, 0) is 12.8 Å². The lowest BCUT2D eigenvalue weighted by Gasteiger charge is -2.05. The molecule has 2 aromatic heterocycles. The van der Waals surface area contributed by atoms with E-state index in [1.54, 1.807) is 30.2 Å². The monoisotopic (exact) mass is 409 g/mol. The van der Waals surface area contributed by atoms with Crippen molar-refractivity contribution in [3.8, 4) is 17.1 Å². The molecule has 0 amide bonds. The van der Waals surface area contributed by atoms with E-state index in [-0.39, 0.29) is 0 Å². The second kappa shape index (κ2) is 8.45. The fraction of sp³-hybridized carbons (Fsp3) is 0.150. The van der Waals surface area contributed by atoms with E-state index in [4.69, 9.17) is 4.74 Å². The van der Waals surface area contributed by atoms with E-state index in [0.29, 0.717) is 0 Å². The molecule has 0 unspecified atom stereocenters. The fourth-order valence-electron chi connectivity index (χ4n) is 2.67. The first-order valence-electron chi connectivity index (χ1n) is 8.66. The molecular formula is C20H19N5OS2. The maximum absolute atomic E-state index is 5.30. The van der Waals surface area contributed by atoms with Crippen molar-refractivity contribution in [2.45, 2.75) is 10.9 Å². The largest absolute Gasteiger partial charge is 0.497 e. The minimum absolute atomic E-state index is 0.733. The molecule has 2 heterocycles. The van der Waals surface area contributed by atoms with E-state index in [2.05, 4.69) is 25.9 Å². The fourth-order valence-corrected chi connectivity index (χ4v) is 4.31. The number of hydrogen-bond acceptors (Lipinski definition) is 7. The third-order valence-electron chi connectivity index (χ3n) is 4.09. The highest BCUT2D eigenvalue weighted by Gasteiger charge is 2.13. The molecule has 28 heavy (non-hydrogen) atoms. The molecule has 4 aromatic rings. The van der Waals surface area contributed by atoms with Gasteiger partial charge < -0.3 is 14.6 Å². The van der Waals surface area contributed by atoms with Gasteiger partial charge >= 0.3 is 0 Å². The Labute approximate surface area is 171 Å². The number of para-hydroxylation sites is 1. The van der Waals surface area contributed by atoms with Crippen LogP contribution in [0.15, 0.2) is 65.1 Å². The van der Waals surface area contributed by atoms with Gasteiger partial charge in [-0.05, 0) is 24.3 Å². The molecule has 0 aliphatic rings. The molecule has 0 atom stereocenters. The van der Waals surface area contributed by atoms with Crippen molar-refractivity contribution >= 4 is 33.9 Å². The Bertz CT molecular complexity index is 1060. The maximum Gasteiger partial charge on any atom is 0.191 e.